The summed E-state index contributed by atoms with van der Waals surface area (Å²) in [5.41, 5.74) is 0. The van der Waals surface area contributed by atoms with Gasteiger partial charge in [0.1, 0.15) is 0 Å². The predicted octanol–water partition coefficient (Wildman–Crippen LogP) is 3.57. The summed E-state index contributed by atoms with van der Waals surface area (Å²) in [5, 5.41) is 0. The quantitative estimate of drug-likeness (QED) is 0.465. The van der Waals surface area contributed by atoms with E-state index in [-0.39, 0.29) is 5.78 Å². The third-order valence-electron chi connectivity index (χ3n) is 3.32. The van der Waals surface area contributed by atoms with Crippen molar-refractivity contribution >= 4 is 11.6 Å². The molecule has 3 heteroatoms. The molecule has 0 saturated heterocycles. The van der Waals surface area contributed by atoms with Crippen LogP contribution in [-0.2, 0) is 14.3 Å². The summed E-state index contributed by atoms with van der Waals surface area (Å²) in [4.78, 5) is 22.6. The molecule has 18 heavy (non-hydrogen) atoms. The summed E-state index contributed by atoms with van der Waals surface area (Å²) in [6, 6.07) is 0. The average Bonchev–Trinajstić information content (AvgIpc) is 2.37. The second-order valence-electron chi connectivity index (χ2n) is 4.92. The molecule has 0 aromatic heterocycles. The largest absolute Gasteiger partial charge is 0.490 e. The van der Waals surface area contributed by atoms with Gasteiger partial charge in [-0.25, -0.2) is 0 Å². The first-order valence-corrected chi connectivity index (χ1v) is 7.16. The molecule has 0 aromatic rings. The van der Waals surface area contributed by atoms with Crippen molar-refractivity contribution in [3.63, 3.8) is 0 Å². The molecule has 0 saturated carbocycles. The highest BCUT2D eigenvalue weighted by atomic mass is 16.5. The average molecular weight is 252 g/mol. The van der Waals surface area contributed by atoms with E-state index in [1.54, 1.807) is 0 Å². The molecule has 1 rings (SSSR count). The number of carbonyl (C=O) groups is 2. The van der Waals surface area contributed by atoms with Crippen LogP contribution in [0.5, 0.6) is 0 Å². The van der Waals surface area contributed by atoms with Gasteiger partial charge in [-0.15, -0.1) is 0 Å². The van der Waals surface area contributed by atoms with Crippen molar-refractivity contribution in [2.45, 2.75) is 70.8 Å². The fraction of sp³-hybridized carbons (Fsp3) is 0.733. The predicted molar refractivity (Wildman–Crippen MR) is 71.3 cm³/mol. The van der Waals surface area contributed by atoms with Gasteiger partial charge < -0.3 is 4.74 Å². The van der Waals surface area contributed by atoms with E-state index in [0.717, 1.165) is 12.8 Å². The van der Waals surface area contributed by atoms with Crippen molar-refractivity contribution in [3.8, 4) is 0 Å². The maximum Gasteiger partial charge on any atom is 0.243 e. The molecule has 0 fully saturated rings. The monoisotopic (exact) mass is 252 g/mol. The molecule has 3 nitrogen and oxygen atoms in total. The molecule has 1 aliphatic rings. The number of ketones is 2. The molecule has 1 aliphatic heterocycles. The molecular weight excluding hydrogens is 228 g/mol. The molecular formula is C15H24O3. The standard InChI is InChI=1S/C15H24O3/c1-2-3-4-5-6-7-8-9-10-14-15(17)13(16)11-12-18-14/h11-12,14H,2-10H2,1H3. The summed E-state index contributed by atoms with van der Waals surface area (Å²) >= 11 is 0. The van der Waals surface area contributed by atoms with E-state index in [0.29, 0.717) is 6.42 Å². The van der Waals surface area contributed by atoms with Crippen molar-refractivity contribution in [2.24, 2.45) is 0 Å². The van der Waals surface area contributed by atoms with Crippen molar-refractivity contribution < 1.29 is 14.3 Å². The van der Waals surface area contributed by atoms with E-state index >= 15 is 0 Å². The zero-order valence-electron chi connectivity index (χ0n) is 11.3. The lowest BCUT2D eigenvalue weighted by Crippen LogP contribution is -2.31. The van der Waals surface area contributed by atoms with E-state index < -0.39 is 11.9 Å². The van der Waals surface area contributed by atoms with Gasteiger partial charge in [0, 0.05) is 6.08 Å². The van der Waals surface area contributed by atoms with Gasteiger partial charge in [-0.3, -0.25) is 9.59 Å². The van der Waals surface area contributed by atoms with E-state index in [9.17, 15) is 9.59 Å². The van der Waals surface area contributed by atoms with E-state index in [4.69, 9.17) is 4.74 Å². The van der Waals surface area contributed by atoms with Crippen LogP contribution in [0.1, 0.15) is 64.7 Å². The molecule has 0 radical (unpaired) electrons. The Morgan fingerprint density at radius 2 is 1.61 bits per heavy atom. The van der Waals surface area contributed by atoms with Crippen LogP contribution in [0.4, 0.5) is 0 Å². The Hall–Kier alpha value is -1.12. The van der Waals surface area contributed by atoms with Gasteiger partial charge in [-0.05, 0) is 12.8 Å². The Bertz CT molecular complexity index is 294. The Labute approximate surface area is 110 Å². The minimum absolute atomic E-state index is 0.388. The van der Waals surface area contributed by atoms with E-state index in [1.807, 2.05) is 0 Å². The highest BCUT2D eigenvalue weighted by molar-refractivity contribution is 6.43. The number of carbonyl (C=O) groups excluding carboxylic acids is 2. The Balaban J connectivity index is 1.99. The third-order valence-corrected chi connectivity index (χ3v) is 3.32. The van der Waals surface area contributed by atoms with Gasteiger partial charge in [0.15, 0.2) is 6.10 Å². The SMILES string of the molecule is CCCCCCCCCCC1OC=CC(=O)C1=O. The highest BCUT2D eigenvalue weighted by Crippen LogP contribution is 2.14. The summed E-state index contributed by atoms with van der Waals surface area (Å²) < 4.78 is 5.17. The minimum atomic E-state index is -0.525. The smallest absolute Gasteiger partial charge is 0.243 e. The summed E-state index contributed by atoms with van der Waals surface area (Å²) in [6.07, 6.45) is 12.5. The number of hydrogen-bond acceptors (Lipinski definition) is 3. The van der Waals surface area contributed by atoms with Gasteiger partial charge in [-0.1, -0.05) is 51.9 Å². The first kappa shape index (κ1) is 14.9. The minimum Gasteiger partial charge on any atom is -0.490 e. The summed E-state index contributed by atoms with van der Waals surface area (Å²) in [5.74, 6) is -0.814. The van der Waals surface area contributed by atoms with Gasteiger partial charge >= 0.3 is 0 Å². The van der Waals surface area contributed by atoms with Crippen LogP contribution in [-0.4, -0.2) is 17.7 Å². The first-order valence-electron chi connectivity index (χ1n) is 7.16. The van der Waals surface area contributed by atoms with Crippen LogP contribution in [0.25, 0.3) is 0 Å². The maximum atomic E-state index is 11.4. The molecule has 0 N–H and O–H groups in total. The van der Waals surface area contributed by atoms with Crippen molar-refractivity contribution in [1.82, 2.24) is 0 Å². The van der Waals surface area contributed by atoms with E-state index in [1.165, 1.54) is 50.9 Å². The van der Waals surface area contributed by atoms with Gasteiger partial charge in [0.05, 0.1) is 6.26 Å². The molecule has 1 unspecified atom stereocenters. The van der Waals surface area contributed by atoms with Crippen molar-refractivity contribution in [1.29, 1.82) is 0 Å². The number of allylic oxidation sites excluding steroid dienone is 1. The molecule has 0 spiro atoms. The molecule has 102 valence electrons. The second kappa shape index (κ2) is 8.90. The van der Waals surface area contributed by atoms with E-state index in [2.05, 4.69) is 6.92 Å². The van der Waals surface area contributed by atoms with Crippen LogP contribution < -0.4 is 0 Å². The van der Waals surface area contributed by atoms with Gasteiger partial charge in [-0.2, -0.15) is 0 Å². The van der Waals surface area contributed by atoms with Gasteiger partial charge in [0.2, 0.25) is 11.6 Å². The highest BCUT2D eigenvalue weighted by Gasteiger charge is 2.26. The zero-order chi connectivity index (χ0) is 13.2. The van der Waals surface area contributed by atoms with Crippen LogP contribution in [0, 0.1) is 0 Å². The summed E-state index contributed by atoms with van der Waals surface area (Å²) in [7, 11) is 0. The lowest BCUT2D eigenvalue weighted by Gasteiger charge is -2.16. The molecule has 1 heterocycles. The molecule has 0 amide bonds. The number of unbranched alkanes of at least 4 members (excludes halogenated alkanes) is 7. The number of hydrogen-bond donors (Lipinski definition) is 0. The fourth-order valence-corrected chi connectivity index (χ4v) is 2.16. The lowest BCUT2D eigenvalue weighted by atomic mass is 10.0. The van der Waals surface area contributed by atoms with Gasteiger partial charge in [0.25, 0.3) is 0 Å². The van der Waals surface area contributed by atoms with Crippen molar-refractivity contribution in [3.05, 3.63) is 12.3 Å². The number of Topliss-reactive ketones (excluding diaryl/α,β-unsaturated/α-hetero) is 1. The third kappa shape index (κ3) is 5.48. The normalized spacial score (nSPS) is 19.1. The van der Waals surface area contributed by atoms with Crippen molar-refractivity contribution in [2.75, 3.05) is 0 Å². The van der Waals surface area contributed by atoms with Crippen LogP contribution in [0.15, 0.2) is 12.3 Å². The molecule has 0 aliphatic carbocycles. The Morgan fingerprint density at radius 1 is 1.00 bits per heavy atom. The lowest BCUT2D eigenvalue weighted by molar-refractivity contribution is -0.141. The number of ether oxygens (including phenoxy) is 1. The van der Waals surface area contributed by atoms with Crippen LogP contribution in [0.2, 0.25) is 0 Å². The Kier molecular flexibility index (Phi) is 7.38. The second-order valence-corrected chi connectivity index (χ2v) is 4.92. The molecule has 1 atom stereocenters. The first-order chi connectivity index (χ1) is 8.75. The zero-order valence-corrected chi connectivity index (χ0v) is 11.3. The van der Waals surface area contributed by atoms with Crippen LogP contribution >= 0.6 is 0 Å². The fourth-order valence-electron chi connectivity index (χ4n) is 2.16. The van der Waals surface area contributed by atoms with Crippen LogP contribution in [0.3, 0.4) is 0 Å². The Morgan fingerprint density at radius 3 is 2.28 bits per heavy atom. The number of rotatable bonds is 9. The topological polar surface area (TPSA) is 43.4 Å². The summed E-state index contributed by atoms with van der Waals surface area (Å²) in [6.45, 7) is 2.22. The molecule has 0 bridgehead atoms. The maximum absolute atomic E-state index is 11.4. The molecule has 0 aromatic carbocycles.